The summed E-state index contributed by atoms with van der Waals surface area (Å²) in [6.45, 7) is 0. The number of hydrogen-bond donors (Lipinski definition) is 0. The maximum absolute atomic E-state index is 6.76. The van der Waals surface area contributed by atoms with E-state index in [0.29, 0.717) is 17.5 Å². The number of nitrogens with zero attached hydrogens (tertiary/aromatic N) is 4. The van der Waals surface area contributed by atoms with Crippen LogP contribution in [0.15, 0.2) is 232 Å². The molecule has 0 amide bonds. The van der Waals surface area contributed by atoms with Gasteiger partial charge < -0.3 is 17.8 Å². The van der Waals surface area contributed by atoms with E-state index >= 15 is 0 Å². The molecule has 7 heteroatoms. The number of benzene rings is 10. The molecule has 5 heterocycles. The molecule has 0 saturated carbocycles. The molecule has 0 spiro atoms. The summed E-state index contributed by atoms with van der Waals surface area (Å²) in [6, 6.07) is 75.8. The van der Waals surface area contributed by atoms with E-state index < -0.39 is 0 Å². The standard InChI is InChI=1S/C63H36N4O3/c1-3-15-37(16-4-1)49-33-41(34-50(38-17-5-2-6-18-38)59(49)67-51-23-11-7-22-48(51)58-52(67)32-31-47-44-21-10-14-26-55(44)70-60(47)58)63-65-61(39-27-29-45-42-19-8-12-24-53(42)68-56(45)35-39)64-62(66-63)40-28-30-46-43-20-9-13-25-54(43)69-57(46)36-40/h1-36H. The van der Waals surface area contributed by atoms with Crippen LogP contribution in [0.25, 0.3) is 150 Å². The van der Waals surface area contributed by atoms with Crippen molar-refractivity contribution in [1.29, 1.82) is 0 Å². The molecule has 0 saturated heterocycles. The Balaban J connectivity index is 1.02. The molecule has 0 aliphatic carbocycles. The van der Waals surface area contributed by atoms with Crippen LogP contribution < -0.4 is 0 Å². The molecule has 0 bridgehead atoms. The van der Waals surface area contributed by atoms with Crippen molar-refractivity contribution in [3.8, 4) is 62.1 Å². The van der Waals surface area contributed by atoms with Crippen LogP contribution in [-0.2, 0) is 0 Å². The number of rotatable bonds is 6. The molecule has 15 aromatic rings. The Morgan fingerprint density at radius 1 is 0.286 bits per heavy atom. The quantitative estimate of drug-likeness (QED) is 0.165. The third kappa shape index (κ3) is 5.85. The fourth-order valence-corrected chi connectivity index (χ4v) is 10.6. The van der Waals surface area contributed by atoms with E-state index in [4.69, 9.17) is 28.2 Å². The molecule has 0 radical (unpaired) electrons. The first kappa shape index (κ1) is 38.5. The lowest BCUT2D eigenvalue weighted by molar-refractivity contribution is 0.668. The van der Waals surface area contributed by atoms with Crippen LogP contribution in [0.2, 0.25) is 0 Å². The highest BCUT2D eigenvalue weighted by atomic mass is 16.3. The number of hydrogen-bond acceptors (Lipinski definition) is 6. The van der Waals surface area contributed by atoms with Crippen molar-refractivity contribution < 1.29 is 13.3 Å². The predicted octanol–water partition coefficient (Wildman–Crippen LogP) is 17.0. The average Bonchev–Trinajstić information content (AvgIpc) is 4.19. The third-order valence-corrected chi connectivity index (χ3v) is 13.9. The van der Waals surface area contributed by atoms with E-state index in [-0.39, 0.29) is 0 Å². The van der Waals surface area contributed by atoms with Gasteiger partial charge in [-0.25, -0.2) is 15.0 Å². The van der Waals surface area contributed by atoms with Crippen LogP contribution in [0.5, 0.6) is 0 Å². The normalized spacial score (nSPS) is 12.0. The van der Waals surface area contributed by atoms with Crippen LogP contribution in [0.4, 0.5) is 0 Å². The Kier molecular flexibility index (Phi) is 8.23. The zero-order valence-corrected chi connectivity index (χ0v) is 37.3. The van der Waals surface area contributed by atoms with Crippen molar-refractivity contribution in [3.63, 3.8) is 0 Å². The van der Waals surface area contributed by atoms with Gasteiger partial charge in [0.15, 0.2) is 17.5 Å². The summed E-state index contributed by atoms with van der Waals surface area (Å²) in [7, 11) is 0. The van der Waals surface area contributed by atoms with Gasteiger partial charge in [-0.05, 0) is 83.9 Å². The number of para-hydroxylation sites is 4. The Hall–Kier alpha value is -9.59. The molecule has 0 atom stereocenters. The van der Waals surface area contributed by atoms with Gasteiger partial charge in [0.1, 0.15) is 33.5 Å². The fraction of sp³-hybridized carbons (Fsp3) is 0. The second-order valence-corrected chi connectivity index (χ2v) is 17.9. The molecule has 0 fully saturated rings. The largest absolute Gasteiger partial charge is 0.456 e. The lowest BCUT2D eigenvalue weighted by atomic mass is 9.92. The van der Waals surface area contributed by atoms with Crippen LogP contribution in [0, 0.1) is 0 Å². The van der Waals surface area contributed by atoms with Crippen LogP contribution in [0.1, 0.15) is 0 Å². The third-order valence-electron chi connectivity index (χ3n) is 13.9. The number of fused-ring (bicyclic) bond motifs is 13. The monoisotopic (exact) mass is 896 g/mol. The predicted molar refractivity (Wildman–Crippen MR) is 283 cm³/mol. The first-order valence-electron chi connectivity index (χ1n) is 23.4. The summed E-state index contributed by atoms with van der Waals surface area (Å²) in [5.41, 5.74) is 14.7. The molecular formula is C63H36N4O3. The smallest absolute Gasteiger partial charge is 0.164 e. The van der Waals surface area contributed by atoms with E-state index in [0.717, 1.165) is 132 Å². The second-order valence-electron chi connectivity index (χ2n) is 17.9. The molecule has 10 aromatic carbocycles. The summed E-state index contributed by atoms with van der Waals surface area (Å²) in [6.07, 6.45) is 0. The zero-order valence-electron chi connectivity index (χ0n) is 37.3. The highest BCUT2D eigenvalue weighted by Gasteiger charge is 2.25. The van der Waals surface area contributed by atoms with E-state index in [1.807, 2.05) is 60.7 Å². The Morgan fingerprint density at radius 2 is 0.714 bits per heavy atom. The van der Waals surface area contributed by atoms with E-state index in [1.165, 1.54) is 0 Å². The van der Waals surface area contributed by atoms with Crippen LogP contribution in [-0.4, -0.2) is 19.5 Å². The van der Waals surface area contributed by atoms with Gasteiger partial charge in [-0.3, -0.25) is 0 Å². The SMILES string of the molecule is c1ccc(-c2cc(-c3nc(-c4ccc5c(c4)oc4ccccc45)nc(-c4ccc5c(c4)oc4ccccc45)n3)cc(-c3ccccc3)c2-n2c3ccccc3c3c4oc5ccccc5c4ccc32)cc1. The molecule has 0 unspecified atom stereocenters. The maximum atomic E-state index is 6.76. The minimum atomic E-state index is 0.524. The molecule has 326 valence electrons. The highest BCUT2D eigenvalue weighted by molar-refractivity contribution is 6.24. The molecule has 0 N–H and O–H groups in total. The van der Waals surface area contributed by atoms with Crippen molar-refractivity contribution in [1.82, 2.24) is 19.5 Å². The minimum absolute atomic E-state index is 0.524. The van der Waals surface area contributed by atoms with Crippen molar-refractivity contribution >= 4 is 87.6 Å². The summed E-state index contributed by atoms with van der Waals surface area (Å²) in [5, 5.41) is 8.56. The first-order chi connectivity index (χ1) is 34.7. The van der Waals surface area contributed by atoms with Crippen molar-refractivity contribution in [2.45, 2.75) is 0 Å². The molecule has 0 aliphatic rings. The summed E-state index contributed by atoms with van der Waals surface area (Å²) < 4.78 is 22.0. The summed E-state index contributed by atoms with van der Waals surface area (Å²) >= 11 is 0. The number of aromatic nitrogens is 4. The Bertz CT molecular complexity index is 4410. The van der Waals surface area contributed by atoms with Crippen LogP contribution >= 0.6 is 0 Å². The van der Waals surface area contributed by atoms with Gasteiger partial charge in [-0.15, -0.1) is 0 Å². The first-order valence-corrected chi connectivity index (χ1v) is 23.4. The molecule has 5 aromatic heterocycles. The van der Waals surface area contributed by atoms with Gasteiger partial charge in [-0.1, -0.05) is 146 Å². The van der Waals surface area contributed by atoms with Crippen LogP contribution in [0.3, 0.4) is 0 Å². The fourth-order valence-electron chi connectivity index (χ4n) is 10.6. The molecule has 7 nitrogen and oxygen atoms in total. The van der Waals surface area contributed by atoms with E-state index in [2.05, 4.69) is 162 Å². The van der Waals surface area contributed by atoms with E-state index in [9.17, 15) is 0 Å². The molecular weight excluding hydrogens is 861 g/mol. The summed E-state index contributed by atoms with van der Waals surface area (Å²) in [5.74, 6) is 1.58. The van der Waals surface area contributed by atoms with Gasteiger partial charge in [-0.2, -0.15) is 0 Å². The van der Waals surface area contributed by atoms with Gasteiger partial charge in [0.05, 0.1) is 22.1 Å². The average molecular weight is 897 g/mol. The zero-order chi connectivity index (χ0) is 45.9. The van der Waals surface area contributed by atoms with Crippen molar-refractivity contribution in [2.24, 2.45) is 0 Å². The van der Waals surface area contributed by atoms with Gasteiger partial charge >= 0.3 is 0 Å². The molecule has 15 rings (SSSR count). The summed E-state index contributed by atoms with van der Waals surface area (Å²) in [4.78, 5) is 16.0. The highest BCUT2D eigenvalue weighted by Crippen LogP contribution is 2.46. The molecule has 70 heavy (non-hydrogen) atoms. The number of furan rings is 3. The second kappa shape index (κ2) is 15.0. The lowest BCUT2D eigenvalue weighted by Crippen LogP contribution is -2.04. The van der Waals surface area contributed by atoms with Crippen molar-refractivity contribution in [2.75, 3.05) is 0 Å². The van der Waals surface area contributed by atoms with Gasteiger partial charge in [0.2, 0.25) is 0 Å². The molecule has 0 aliphatic heterocycles. The Labute approximate surface area is 399 Å². The van der Waals surface area contributed by atoms with Gasteiger partial charge in [0.25, 0.3) is 0 Å². The Morgan fingerprint density at radius 3 is 1.27 bits per heavy atom. The van der Waals surface area contributed by atoms with Gasteiger partial charge in [0, 0.05) is 65.5 Å². The van der Waals surface area contributed by atoms with E-state index in [1.54, 1.807) is 0 Å². The maximum Gasteiger partial charge on any atom is 0.164 e. The van der Waals surface area contributed by atoms with Crippen molar-refractivity contribution in [3.05, 3.63) is 218 Å². The lowest BCUT2D eigenvalue weighted by Gasteiger charge is -2.21. The topological polar surface area (TPSA) is 83.0 Å². The minimum Gasteiger partial charge on any atom is -0.456 e.